The van der Waals surface area contributed by atoms with Crippen molar-refractivity contribution in [3.8, 4) is 0 Å². The number of hydrogen-bond donors (Lipinski definition) is 1. The molecular weight excluding hydrogens is 284 g/mol. The standard InChI is InChI=1S/C13H17ClN2O4/c1-8-5-11(16(18)19)9(14)6-10(8)15-12(17)7-20-13(2,3)4/h5-6H,7H2,1-4H3,(H,15,17). The summed E-state index contributed by atoms with van der Waals surface area (Å²) in [6, 6.07) is 2.69. The van der Waals surface area contributed by atoms with Crippen LogP contribution in [0, 0.1) is 17.0 Å². The van der Waals surface area contributed by atoms with E-state index in [4.69, 9.17) is 16.3 Å². The maximum absolute atomic E-state index is 11.7. The van der Waals surface area contributed by atoms with E-state index in [2.05, 4.69) is 5.32 Å². The van der Waals surface area contributed by atoms with E-state index >= 15 is 0 Å². The van der Waals surface area contributed by atoms with Gasteiger partial charge in [-0.25, -0.2) is 0 Å². The Bertz CT molecular complexity index is 538. The first-order valence-electron chi connectivity index (χ1n) is 5.98. The van der Waals surface area contributed by atoms with E-state index in [0.717, 1.165) is 0 Å². The Hall–Kier alpha value is -1.66. The summed E-state index contributed by atoms with van der Waals surface area (Å²) in [5, 5.41) is 13.3. The Morgan fingerprint density at radius 1 is 1.45 bits per heavy atom. The van der Waals surface area contributed by atoms with Gasteiger partial charge in [-0.15, -0.1) is 0 Å². The zero-order valence-corrected chi connectivity index (χ0v) is 12.6. The van der Waals surface area contributed by atoms with Crippen LogP contribution >= 0.6 is 11.6 Å². The summed E-state index contributed by atoms with van der Waals surface area (Å²) < 4.78 is 5.34. The van der Waals surface area contributed by atoms with E-state index in [9.17, 15) is 14.9 Å². The molecule has 0 atom stereocenters. The number of aryl methyl sites for hydroxylation is 1. The smallest absolute Gasteiger partial charge is 0.288 e. The number of benzene rings is 1. The molecule has 0 aliphatic rings. The Balaban J connectivity index is 2.81. The summed E-state index contributed by atoms with van der Waals surface area (Å²) in [6.45, 7) is 7.08. The lowest BCUT2D eigenvalue weighted by Crippen LogP contribution is -2.27. The van der Waals surface area contributed by atoms with Gasteiger partial charge in [-0.3, -0.25) is 14.9 Å². The van der Waals surface area contributed by atoms with Gasteiger partial charge in [0, 0.05) is 11.8 Å². The van der Waals surface area contributed by atoms with Gasteiger partial charge < -0.3 is 10.1 Å². The van der Waals surface area contributed by atoms with Gasteiger partial charge in [0.15, 0.2) is 0 Å². The molecule has 0 aliphatic heterocycles. The molecule has 20 heavy (non-hydrogen) atoms. The second-order valence-corrected chi connectivity index (χ2v) is 5.73. The van der Waals surface area contributed by atoms with Gasteiger partial charge in [-0.1, -0.05) is 11.6 Å². The lowest BCUT2D eigenvalue weighted by Gasteiger charge is -2.19. The van der Waals surface area contributed by atoms with Gasteiger partial charge in [0.05, 0.1) is 10.5 Å². The molecule has 0 bridgehead atoms. The molecule has 0 heterocycles. The van der Waals surface area contributed by atoms with Crippen LogP contribution in [0.2, 0.25) is 5.02 Å². The van der Waals surface area contributed by atoms with E-state index in [0.29, 0.717) is 11.3 Å². The zero-order chi connectivity index (χ0) is 15.5. The lowest BCUT2D eigenvalue weighted by atomic mass is 10.1. The predicted octanol–water partition coefficient (Wildman–Crippen LogP) is 3.31. The summed E-state index contributed by atoms with van der Waals surface area (Å²) in [7, 11) is 0. The number of halogens is 1. The fraction of sp³-hybridized carbons (Fsp3) is 0.462. The minimum atomic E-state index is -0.566. The lowest BCUT2D eigenvalue weighted by molar-refractivity contribution is -0.384. The summed E-state index contributed by atoms with van der Waals surface area (Å²) in [6.07, 6.45) is 0. The SMILES string of the molecule is Cc1cc([N+](=O)[O-])c(Cl)cc1NC(=O)COC(C)(C)C. The topological polar surface area (TPSA) is 81.5 Å². The van der Waals surface area contributed by atoms with Crippen molar-refractivity contribution in [2.45, 2.75) is 33.3 Å². The molecular formula is C13H17ClN2O4. The number of rotatable bonds is 4. The van der Waals surface area contributed by atoms with Crippen molar-refractivity contribution in [2.24, 2.45) is 0 Å². The van der Waals surface area contributed by atoms with E-state index in [1.807, 2.05) is 20.8 Å². The number of anilines is 1. The van der Waals surface area contributed by atoms with Crippen LogP contribution in [0.15, 0.2) is 12.1 Å². The fourth-order valence-electron chi connectivity index (χ4n) is 1.41. The highest BCUT2D eigenvalue weighted by molar-refractivity contribution is 6.33. The predicted molar refractivity (Wildman–Crippen MR) is 77.2 cm³/mol. The van der Waals surface area contributed by atoms with Crippen LogP contribution < -0.4 is 5.32 Å². The fourth-order valence-corrected chi connectivity index (χ4v) is 1.64. The first-order valence-corrected chi connectivity index (χ1v) is 6.36. The van der Waals surface area contributed by atoms with Gasteiger partial charge in [0.2, 0.25) is 5.91 Å². The molecule has 0 saturated heterocycles. The molecule has 0 aliphatic carbocycles. The van der Waals surface area contributed by atoms with Crippen LogP contribution in [0.3, 0.4) is 0 Å². The first kappa shape index (κ1) is 16.4. The molecule has 1 N–H and O–H groups in total. The summed E-state index contributed by atoms with van der Waals surface area (Å²) in [5.41, 5.74) is 0.390. The van der Waals surface area contributed by atoms with Crippen molar-refractivity contribution in [3.05, 3.63) is 32.8 Å². The summed E-state index contributed by atoms with van der Waals surface area (Å²) in [5.74, 6) is -0.340. The molecule has 6 nitrogen and oxygen atoms in total. The molecule has 0 aromatic heterocycles. The number of amides is 1. The van der Waals surface area contributed by atoms with Crippen molar-refractivity contribution in [1.29, 1.82) is 0 Å². The molecule has 0 fully saturated rings. The summed E-state index contributed by atoms with van der Waals surface area (Å²) >= 11 is 5.81. The molecule has 0 saturated carbocycles. The first-order chi connectivity index (χ1) is 9.10. The third-order valence-corrected chi connectivity index (χ3v) is 2.70. The number of hydrogen-bond acceptors (Lipinski definition) is 4. The van der Waals surface area contributed by atoms with Crippen molar-refractivity contribution >= 4 is 28.9 Å². The number of nitro groups is 1. The van der Waals surface area contributed by atoms with E-state index in [1.165, 1.54) is 12.1 Å². The zero-order valence-electron chi connectivity index (χ0n) is 11.8. The quantitative estimate of drug-likeness (QED) is 0.683. The average molecular weight is 301 g/mol. The molecule has 0 spiro atoms. The van der Waals surface area contributed by atoms with Crippen molar-refractivity contribution in [3.63, 3.8) is 0 Å². The number of carbonyl (C=O) groups excluding carboxylic acids is 1. The second-order valence-electron chi connectivity index (χ2n) is 5.32. The monoisotopic (exact) mass is 300 g/mol. The number of ether oxygens (including phenoxy) is 1. The van der Waals surface area contributed by atoms with Gasteiger partial charge in [0.25, 0.3) is 5.69 Å². The molecule has 7 heteroatoms. The Morgan fingerprint density at radius 2 is 2.05 bits per heavy atom. The minimum Gasteiger partial charge on any atom is -0.366 e. The maximum atomic E-state index is 11.7. The molecule has 0 radical (unpaired) electrons. The molecule has 1 aromatic rings. The highest BCUT2D eigenvalue weighted by atomic mass is 35.5. The van der Waals surface area contributed by atoms with Gasteiger partial charge in [0.1, 0.15) is 11.6 Å². The highest BCUT2D eigenvalue weighted by Gasteiger charge is 2.17. The van der Waals surface area contributed by atoms with Crippen LogP contribution in [-0.4, -0.2) is 23.0 Å². The van der Waals surface area contributed by atoms with Gasteiger partial charge in [-0.2, -0.15) is 0 Å². The minimum absolute atomic E-state index is 0.0207. The molecule has 1 amide bonds. The Kier molecular flexibility index (Phi) is 5.08. The third kappa shape index (κ3) is 4.79. The van der Waals surface area contributed by atoms with E-state index < -0.39 is 10.5 Å². The third-order valence-electron chi connectivity index (χ3n) is 2.40. The largest absolute Gasteiger partial charge is 0.366 e. The highest BCUT2D eigenvalue weighted by Crippen LogP contribution is 2.30. The van der Waals surface area contributed by atoms with E-state index in [-0.39, 0.29) is 23.2 Å². The number of carbonyl (C=O) groups is 1. The second kappa shape index (κ2) is 6.19. The Morgan fingerprint density at radius 3 is 2.55 bits per heavy atom. The van der Waals surface area contributed by atoms with E-state index in [1.54, 1.807) is 6.92 Å². The van der Waals surface area contributed by atoms with Gasteiger partial charge >= 0.3 is 0 Å². The average Bonchev–Trinajstić information content (AvgIpc) is 2.29. The van der Waals surface area contributed by atoms with Crippen LogP contribution in [0.5, 0.6) is 0 Å². The van der Waals surface area contributed by atoms with Crippen molar-refractivity contribution < 1.29 is 14.5 Å². The van der Waals surface area contributed by atoms with Crippen LogP contribution in [0.1, 0.15) is 26.3 Å². The number of nitrogens with one attached hydrogen (secondary N) is 1. The molecule has 1 rings (SSSR count). The van der Waals surface area contributed by atoms with Crippen LogP contribution in [0.4, 0.5) is 11.4 Å². The van der Waals surface area contributed by atoms with Crippen LogP contribution in [0.25, 0.3) is 0 Å². The van der Waals surface area contributed by atoms with Crippen molar-refractivity contribution in [1.82, 2.24) is 0 Å². The maximum Gasteiger partial charge on any atom is 0.288 e. The summed E-state index contributed by atoms with van der Waals surface area (Å²) in [4.78, 5) is 21.9. The molecule has 1 aromatic carbocycles. The number of nitrogens with zero attached hydrogens (tertiary/aromatic N) is 1. The van der Waals surface area contributed by atoms with Gasteiger partial charge in [-0.05, 0) is 39.3 Å². The molecule has 110 valence electrons. The molecule has 0 unspecified atom stereocenters. The Labute approximate surface area is 122 Å². The normalized spacial score (nSPS) is 11.2. The van der Waals surface area contributed by atoms with Crippen molar-refractivity contribution in [2.75, 3.05) is 11.9 Å². The van der Waals surface area contributed by atoms with Crippen LogP contribution in [-0.2, 0) is 9.53 Å². The number of nitro benzene ring substituents is 1.